The molecular formula is C24H25N3O4. The quantitative estimate of drug-likeness (QED) is 0.416. The highest BCUT2D eigenvalue weighted by Gasteiger charge is 2.20. The number of benzene rings is 2. The second kappa shape index (κ2) is 9.04. The zero-order chi connectivity index (χ0) is 21.8. The summed E-state index contributed by atoms with van der Waals surface area (Å²) in [5.41, 5.74) is 3.62. The Morgan fingerprint density at radius 3 is 2.65 bits per heavy atom. The molecule has 0 bridgehead atoms. The average molecular weight is 419 g/mol. The summed E-state index contributed by atoms with van der Waals surface area (Å²) in [5, 5.41) is 18.8. The summed E-state index contributed by atoms with van der Waals surface area (Å²) in [6, 6.07) is 15.4. The Bertz CT molecular complexity index is 1150. The molecule has 0 spiro atoms. The SMILES string of the molecule is CC(C)Cn1ncc2ccc(COc3ccc([C@H](CC(=O)O)c4ccon4)cc3)cc21. The van der Waals surface area contributed by atoms with Crippen LogP contribution in [0.15, 0.2) is 65.5 Å². The minimum Gasteiger partial charge on any atom is -0.489 e. The van der Waals surface area contributed by atoms with Crippen molar-refractivity contribution in [1.82, 2.24) is 14.9 Å². The largest absolute Gasteiger partial charge is 0.489 e. The molecule has 0 unspecified atom stereocenters. The lowest BCUT2D eigenvalue weighted by atomic mass is 9.92. The van der Waals surface area contributed by atoms with Gasteiger partial charge in [-0.15, -0.1) is 0 Å². The molecule has 0 aliphatic rings. The van der Waals surface area contributed by atoms with Crippen molar-refractivity contribution >= 4 is 16.9 Å². The van der Waals surface area contributed by atoms with E-state index in [1.54, 1.807) is 6.07 Å². The first kappa shape index (κ1) is 20.7. The second-order valence-corrected chi connectivity index (χ2v) is 8.05. The number of hydrogen-bond acceptors (Lipinski definition) is 5. The first-order valence-corrected chi connectivity index (χ1v) is 10.3. The smallest absolute Gasteiger partial charge is 0.304 e. The highest BCUT2D eigenvalue weighted by atomic mass is 16.5. The molecule has 0 aliphatic heterocycles. The summed E-state index contributed by atoms with van der Waals surface area (Å²) in [7, 11) is 0. The van der Waals surface area contributed by atoms with E-state index in [2.05, 4.69) is 36.2 Å². The molecule has 160 valence electrons. The predicted molar refractivity (Wildman–Crippen MR) is 116 cm³/mol. The molecule has 1 N–H and O–H groups in total. The lowest BCUT2D eigenvalue weighted by Gasteiger charge is -2.13. The molecule has 2 aromatic heterocycles. The van der Waals surface area contributed by atoms with Crippen molar-refractivity contribution in [2.75, 3.05) is 0 Å². The Morgan fingerprint density at radius 1 is 1.16 bits per heavy atom. The van der Waals surface area contributed by atoms with Crippen LogP contribution in [0.25, 0.3) is 10.9 Å². The first-order valence-electron chi connectivity index (χ1n) is 10.3. The third-order valence-electron chi connectivity index (χ3n) is 5.13. The molecular weight excluding hydrogens is 394 g/mol. The van der Waals surface area contributed by atoms with E-state index in [4.69, 9.17) is 9.26 Å². The van der Waals surface area contributed by atoms with Gasteiger partial charge in [0.25, 0.3) is 0 Å². The van der Waals surface area contributed by atoms with Gasteiger partial charge in [0.05, 0.1) is 23.8 Å². The van der Waals surface area contributed by atoms with Gasteiger partial charge < -0.3 is 14.4 Å². The maximum atomic E-state index is 11.3. The van der Waals surface area contributed by atoms with Gasteiger partial charge in [-0.2, -0.15) is 5.10 Å². The number of aliphatic carboxylic acids is 1. The van der Waals surface area contributed by atoms with E-state index in [0.29, 0.717) is 24.0 Å². The van der Waals surface area contributed by atoms with Crippen molar-refractivity contribution in [1.29, 1.82) is 0 Å². The molecule has 4 rings (SSSR count). The van der Waals surface area contributed by atoms with Crippen LogP contribution in [0.5, 0.6) is 5.75 Å². The van der Waals surface area contributed by atoms with Crippen LogP contribution in [0.2, 0.25) is 0 Å². The molecule has 0 radical (unpaired) electrons. The topological polar surface area (TPSA) is 90.4 Å². The van der Waals surface area contributed by atoms with Gasteiger partial charge in [0.1, 0.15) is 18.6 Å². The number of carboxylic acid groups (broad SMARTS) is 1. The van der Waals surface area contributed by atoms with Gasteiger partial charge in [-0.25, -0.2) is 0 Å². The number of carbonyl (C=O) groups is 1. The first-order chi connectivity index (χ1) is 15.0. The lowest BCUT2D eigenvalue weighted by molar-refractivity contribution is -0.137. The van der Waals surface area contributed by atoms with Gasteiger partial charge in [-0.3, -0.25) is 9.48 Å². The third-order valence-corrected chi connectivity index (χ3v) is 5.13. The van der Waals surface area contributed by atoms with Crippen molar-refractivity contribution < 1.29 is 19.2 Å². The van der Waals surface area contributed by atoms with E-state index < -0.39 is 5.97 Å². The number of rotatable bonds is 9. The third kappa shape index (κ3) is 4.94. The minimum atomic E-state index is -0.888. The number of hydrogen-bond donors (Lipinski definition) is 1. The Hall–Kier alpha value is -3.61. The summed E-state index contributed by atoms with van der Waals surface area (Å²) in [4.78, 5) is 11.3. The maximum absolute atomic E-state index is 11.3. The van der Waals surface area contributed by atoms with Crippen LogP contribution < -0.4 is 4.74 Å². The van der Waals surface area contributed by atoms with Crippen LogP contribution in [0.3, 0.4) is 0 Å². The number of ether oxygens (including phenoxy) is 1. The minimum absolute atomic E-state index is 0.0587. The molecule has 0 saturated carbocycles. The molecule has 2 heterocycles. The fourth-order valence-electron chi connectivity index (χ4n) is 3.63. The van der Waals surface area contributed by atoms with Crippen LogP contribution in [0.4, 0.5) is 0 Å². The number of nitrogens with zero attached hydrogens (tertiary/aromatic N) is 3. The van der Waals surface area contributed by atoms with Crippen LogP contribution in [-0.2, 0) is 17.9 Å². The summed E-state index contributed by atoms with van der Waals surface area (Å²) >= 11 is 0. The molecule has 0 saturated heterocycles. The van der Waals surface area contributed by atoms with Crippen molar-refractivity contribution in [2.24, 2.45) is 5.92 Å². The Morgan fingerprint density at radius 2 is 1.97 bits per heavy atom. The van der Waals surface area contributed by atoms with Gasteiger partial charge in [0.15, 0.2) is 0 Å². The monoisotopic (exact) mass is 419 g/mol. The van der Waals surface area contributed by atoms with Crippen molar-refractivity contribution in [3.05, 3.63) is 77.8 Å². The van der Waals surface area contributed by atoms with E-state index in [1.165, 1.54) is 6.26 Å². The summed E-state index contributed by atoms with van der Waals surface area (Å²) in [5.74, 6) is -0.0214. The van der Waals surface area contributed by atoms with E-state index in [-0.39, 0.29) is 12.3 Å². The van der Waals surface area contributed by atoms with E-state index in [0.717, 1.165) is 28.6 Å². The van der Waals surface area contributed by atoms with Crippen LogP contribution >= 0.6 is 0 Å². The molecule has 0 fully saturated rings. The van der Waals surface area contributed by atoms with Gasteiger partial charge in [0, 0.05) is 23.9 Å². The van der Waals surface area contributed by atoms with E-state index in [9.17, 15) is 9.90 Å². The molecule has 1 atom stereocenters. The molecule has 7 heteroatoms. The van der Waals surface area contributed by atoms with E-state index in [1.807, 2.05) is 41.2 Å². The van der Waals surface area contributed by atoms with Gasteiger partial charge in [0.2, 0.25) is 0 Å². The van der Waals surface area contributed by atoms with Crippen LogP contribution in [0.1, 0.15) is 43.0 Å². The normalized spacial score (nSPS) is 12.4. The molecule has 0 amide bonds. The Labute approximate surface area is 180 Å². The molecule has 4 aromatic rings. The second-order valence-electron chi connectivity index (χ2n) is 8.05. The highest BCUT2D eigenvalue weighted by molar-refractivity contribution is 5.79. The Balaban J connectivity index is 1.46. The lowest BCUT2D eigenvalue weighted by Crippen LogP contribution is -2.08. The zero-order valence-electron chi connectivity index (χ0n) is 17.6. The van der Waals surface area contributed by atoms with Crippen molar-refractivity contribution in [3.8, 4) is 5.75 Å². The maximum Gasteiger partial charge on any atom is 0.304 e. The van der Waals surface area contributed by atoms with Crippen molar-refractivity contribution in [2.45, 2.75) is 39.3 Å². The van der Waals surface area contributed by atoms with Gasteiger partial charge in [-0.1, -0.05) is 43.3 Å². The summed E-state index contributed by atoms with van der Waals surface area (Å²) < 4.78 is 12.9. The number of fused-ring (bicyclic) bond motifs is 1. The Kier molecular flexibility index (Phi) is 6.02. The van der Waals surface area contributed by atoms with Gasteiger partial charge in [-0.05, 0) is 35.2 Å². The molecule has 7 nitrogen and oxygen atoms in total. The van der Waals surface area contributed by atoms with Crippen molar-refractivity contribution in [3.63, 3.8) is 0 Å². The standard InChI is InChI=1S/C24H25N3O4/c1-16(2)14-27-23-11-17(3-4-19(23)13-25-27)15-30-20-7-5-18(6-8-20)21(12-24(28)29)22-9-10-31-26-22/h3-11,13,16,21H,12,14-15H2,1-2H3,(H,28,29)/t21-/m0/s1. The predicted octanol–water partition coefficient (Wildman–Crippen LogP) is 4.87. The fraction of sp³-hybridized carbons (Fsp3) is 0.292. The van der Waals surface area contributed by atoms with Crippen LogP contribution in [0, 0.1) is 5.92 Å². The average Bonchev–Trinajstić information content (AvgIpc) is 3.41. The fourth-order valence-corrected chi connectivity index (χ4v) is 3.63. The molecule has 0 aliphatic carbocycles. The number of carboxylic acids is 1. The zero-order valence-corrected chi connectivity index (χ0v) is 17.6. The molecule has 2 aromatic carbocycles. The summed E-state index contributed by atoms with van der Waals surface area (Å²) in [6.45, 7) is 5.66. The van der Waals surface area contributed by atoms with Crippen LogP contribution in [-0.4, -0.2) is 26.0 Å². The van der Waals surface area contributed by atoms with E-state index >= 15 is 0 Å². The summed E-state index contributed by atoms with van der Waals surface area (Å²) in [6.07, 6.45) is 3.28. The number of aromatic nitrogens is 3. The highest BCUT2D eigenvalue weighted by Crippen LogP contribution is 2.28. The van der Waals surface area contributed by atoms with Gasteiger partial charge >= 0.3 is 5.97 Å². The molecule has 31 heavy (non-hydrogen) atoms.